The SMILES string of the molecule is CC(c1ccccn1)N1CC(CN)CC1=O. The maximum atomic E-state index is 11.8. The summed E-state index contributed by atoms with van der Waals surface area (Å²) in [5.74, 6) is 0.493. The average Bonchev–Trinajstić information content (AvgIpc) is 2.71. The fraction of sp³-hybridized carbons (Fsp3) is 0.500. The lowest BCUT2D eigenvalue weighted by atomic mass is 10.1. The largest absolute Gasteiger partial charge is 0.334 e. The van der Waals surface area contributed by atoms with Gasteiger partial charge in [-0.25, -0.2) is 0 Å². The topological polar surface area (TPSA) is 59.2 Å². The smallest absolute Gasteiger partial charge is 0.223 e. The number of nitrogens with zero attached hydrogens (tertiary/aromatic N) is 2. The number of amides is 1. The molecule has 2 rings (SSSR count). The van der Waals surface area contributed by atoms with Gasteiger partial charge in [-0.15, -0.1) is 0 Å². The number of rotatable bonds is 3. The lowest BCUT2D eigenvalue weighted by Crippen LogP contribution is -2.29. The molecule has 1 aromatic rings. The van der Waals surface area contributed by atoms with Crippen LogP contribution in [-0.2, 0) is 4.79 Å². The monoisotopic (exact) mass is 219 g/mol. The number of likely N-dealkylation sites (tertiary alicyclic amines) is 1. The molecule has 0 radical (unpaired) electrons. The van der Waals surface area contributed by atoms with Crippen LogP contribution in [0.15, 0.2) is 24.4 Å². The van der Waals surface area contributed by atoms with Crippen molar-refractivity contribution in [1.29, 1.82) is 0 Å². The van der Waals surface area contributed by atoms with Crippen LogP contribution in [-0.4, -0.2) is 28.9 Å². The summed E-state index contributed by atoms with van der Waals surface area (Å²) in [7, 11) is 0. The minimum Gasteiger partial charge on any atom is -0.334 e. The molecule has 0 spiro atoms. The molecule has 1 amide bonds. The van der Waals surface area contributed by atoms with Crippen LogP contribution in [0.4, 0.5) is 0 Å². The first-order chi connectivity index (χ1) is 7.72. The summed E-state index contributed by atoms with van der Waals surface area (Å²) in [6, 6.07) is 5.82. The summed E-state index contributed by atoms with van der Waals surface area (Å²) in [5, 5.41) is 0. The lowest BCUT2D eigenvalue weighted by Gasteiger charge is -2.24. The quantitative estimate of drug-likeness (QED) is 0.823. The second-order valence-corrected chi connectivity index (χ2v) is 4.28. The van der Waals surface area contributed by atoms with Crippen molar-refractivity contribution in [3.63, 3.8) is 0 Å². The molecule has 2 heterocycles. The fourth-order valence-electron chi connectivity index (χ4n) is 2.12. The molecule has 2 unspecified atom stereocenters. The van der Waals surface area contributed by atoms with E-state index in [0.717, 1.165) is 12.2 Å². The van der Waals surface area contributed by atoms with Crippen LogP contribution in [0.5, 0.6) is 0 Å². The maximum Gasteiger partial charge on any atom is 0.223 e. The maximum absolute atomic E-state index is 11.8. The number of hydrogen-bond acceptors (Lipinski definition) is 3. The number of aromatic nitrogens is 1. The predicted octanol–water partition coefficient (Wildman–Crippen LogP) is 0.950. The Morgan fingerprint density at radius 3 is 3.00 bits per heavy atom. The van der Waals surface area contributed by atoms with Gasteiger partial charge in [0, 0.05) is 19.2 Å². The molecule has 4 nitrogen and oxygen atoms in total. The molecule has 0 bridgehead atoms. The average molecular weight is 219 g/mol. The summed E-state index contributed by atoms with van der Waals surface area (Å²) in [4.78, 5) is 18.0. The molecule has 0 saturated carbocycles. The highest BCUT2D eigenvalue weighted by Gasteiger charge is 2.32. The van der Waals surface area contributed by atoms with Crippen molar-refractivity contribution in [1.82, 2.24) is 9.88 Å². The van der Waals surface area contributed by atoms with Crippen LogP contribution < -0.4 is 5.73 Å². The van der Waals surface area contributed by atoms with Gasteiger partial charge in [-0.3, -0.25) is 9.78 Å². The van der Waals surface area contributed by atoms with Crippen LogP contribution in [0.3, 0.4) is 0 Å². The molecular weight excluding hydrogens is 202 g/mol. The van der Waals surface area contributed by atoms with Crippen molar-refractivity contribution in [2.75, 3.05) is 13.1 Å². The summed E-state index contributed by atoms with van der Waals surface area (Å²) < 4.78 is 0. The van der Waals surface area contributed by atoms with E-state index >= 15 is 0 Å². The van der Waals surface area contributed by atoms with Crippen LogP contribution in [0, 0.1) is 5.92 Å². The zero-order valence-electron chi connectivity index (χ0n) is 9.47. The summed E-state index contributed by atoms with van der Waals surface area (Å²) >= 11 is 0. The molecule has 86 valence electrons. The summed E-state index contributed by atoms with van der Waals surface area (Å²) in [6.07, 6.45) is 2.33. The second-order valence-electron chi connectivity index (χ2n) is 4.28. The van der Waals surface area contributed by atoms with E-state index in [1.807, 2.05) is 30.0 Å². The van der Waals surface area contributed by atoms with E-state index in [-0.39, 0.29) is 11.9 Å². The molecule has 16 heavy (non-hydrogen) atoms. The van der Waals surface area contributed by atoms with Crippen LogP contribution >= 0.6 is 0 Å². The minimum absolute atomic E-state index is 0.0465. The highest BCUT2D eigenvalue weighted by molar-refractivity contribution is 5.79. The van der Waals surface area contributed by atoms with Crippen molar-refractivity contribution in [2.45, 2.75) is 19.4 Å². The van der Waals surface area contributed by atoms with Gasteiger partial charge in [-0.05, 0) is 31.5 Å². The van der Waals surface area contributed by atoms with Gasteiger partial charge >= 0.3 is 0 Å². The second kappa shape index (κ2) is 4.61. The third-order valence-electron chi connectivity index (χ3n) is 3.16. The van der Waals surface area contributed by atoms with Gasteiger partial charge < -0.3 is 10.6 Å². The van der Waals surface area contributed by atoms with Gasteiger partial charge in [0.1, 0.15) is 0 Å². The van der Waals surface area contributed by atoms with Crippen molar-refractivity contribution >= 4 is 5.91 Å². The van der Waals surface area contributed by atoms with E-state index in [1.54, 1.807) is 6.20 Å². The van der Waals surface area contributed by atoms with Gasteiger partial charge in [0.05, 0.1) is 11.7 Å². The fourth-order valence-corrected chi connectivity index (χ4v) is 2.12. The Bertz CT molecular complexity index is 366. The van der Waals surface area contributed by atoms with Gasteiger partial charge in [0.25, 0.3) is 0 Å². The summed E-state index contributed by atoms with van der Waals surface area (Å²) in [6.45, 7) is 3.35. The lowest BCUT2D eigenvalue weighted by molar-refractivity contribution is -0.129. The highest BCUT2D eigenvalue weighted by atomic mass is 16.2. The van der Waals surface area contributed by atoms with E-state index < -0.39 is 0 Å². The normalized spacial score (nSPS) is 22.5. The molecule has 4 heteroatoms. The number of carbonyl (C=O) groups is 1. The van der Waals surface area contributed by atoms with E-state index in [0.29, 0.717) is 18.9 Å². The Kier molecular flexibility index (Phi) is 3.19. The van der Waals surface area contributed by atoms with Gasteiger partial charge in [-0.1, -0.05) is 6.07 Å². The number of nitrogens with two attached hydrogens (primary N) is 1. The van der Waals surface area contributed by atoms with Crippen molar-refractivity contribution in [3.8, 4) is 0 Å². The Morgan fingerprint density at radius 1 is 1.62 bits per heavy atom. The molecule has 0 aliphatic carbocycles. The minimum atomic E-state index is 0.0465. The number of pyridine rings is 1. The van der Waals surface area contributed by atoms with Crippen molar-refractivity contribution < 1.29 is 4.79 Å². The molecule has 2 N–H and O–H groups in total. The molecule has 1 saturated heterocycles. The van der Waals surface area contributed by atoms with E-state index in [9.17, 15) is 4.79 Å². The van der Waals surface area contributed by atoms with Crippen LogP contribution in [0.1, 0.15) is 25.1 Å². The zero-order chi connectivity index (χ0) is 11.5. The van der Waals surface area contributed by atoms with Gasteiger partial charge in [0.15, 0.2) is 0 Å². The first-order valence-electron chi connectivity index (χ1n) is 5.63. The van der Waals surface area contributed by atoms with Crippen molar-refractivity contribution in [3.05, 3.63) is 30.1 Å². The molecular formula is C12H17N3O. The number of carbonyl (C=O) groups excluding carboxylic acids is 1. The Balaban J connectivity index is 2.11. The van der Waals surface area contributed by atoms with Crippen LogP contribution in [0.25, 0.3) is 0 Å². The van der Waals surface area contributed by atoms with Crippen molar-refractivity contribution in [2.24, 2.45) is 11.7 Å². The third-order valence-corrected chi connectivity index (χ3v) is 3.16. The Morgan fingerprint density at radius 2 is 2.44 bits per heavy atom. The third kappa shape index (κ3) is 2.07. The molecule has 2 atom stereocenters. The molecule has 1 fully saturated rings. The first kappa shape index (κ1) is 11.1. The number of hydrogen-bond donors (Lipinski definition) is 1. The highest BCUT2D eigenvalue weighted by Crippen LogP contribution is 2.26. The van der Waals surface area contributed by atoms with E-state index in [2.05, 4.69) is 4.98 Å². The molecule has 1 aromatic heterocycles. The van der Waals surface area contributed by atoms with Gasteiger partial charge in [-0.2, -0.15) is 0 Å². The first-order valence-corrected chi connectivity index (χ1v) is 5.63. The zero-order valence-corrected chi connectivity index (χ0v) is 9.47. The van der Waals surface area contributed by atoms with Gasteiger partial charge in [0.2, 0.25) is 5.91 Å². The predicted molar refractivity (Wildman–Crippen MR) is 61.5 cm³/mol. The molecule has 0 aromatic carbocycles. The summed E-state index contributed by atoms with van der Waals surface area (Å²) in [5.41, 5.74) is 6.54. The Hall–Kier alpha value is -1.42. The standard InChI is InChI=1S/C12H17N3O/c1-9(11-4-2-3-5-14-11)15-8-10(7-13)6-12(15)16/h2-5,9-10H,6-8,13H2,1H3. The Labute approximate surface area is 95.5 Å². The molecule has 1 aliphatic heterocycles. The molecule has 1 aliphatic rings. The van der Waals surface area contributed by atoms with E-state index in [4.69, 9.17) is 5.73 Å². The van der Waals surface area contributed by atoms with E-state index in [1.165, 1.54) is 0 Å². The van der Waals surface area contributed by atoms with Crippen LogP contribution in [0.2, 0.25) is 0 Å².